The van der Waals surface area contributed by atoms with Crippen molar-refractivity contribution in [2.45, 2.75) is 51.4 Å². The Balaban J connectivity index is 1.51. The Labute approximate surface area is 149 Å². The Morgan fingerprint density at radius 1 is 1.16 bits per heavy atom. The highest BCUT2D eigenvalue weighted by atomic mass is 16.2. The molecule has 0 bridgehead atoms. The molecule has 1 aliphatic carbocycles. The molecule has 0 spiro atoms. The maximum Gasteiger partial charge on any atom is 0.225 e. The number of nitrogens with zero attached hydrogens (tertiary/aromatic N) is 4. The van der Waals surface area contributed by atoms with E-state index >= 15 is 0 Å². The molecule has 0 unspecified atom stereocenters. The molecule has 3 heterocycles. The van der Waals surface area contributed by atoms with Gasteiger partial charge in [-0.25, -0.2) is 9.97 Å². The maximum atomic E-state index is 12.8. The number of piperidine rings is 1. The summed E-state index contributed by atoms with van der Waals surface area (Å²) < 4.78 is 2.01. The molecule has 2 aromatic heterocycles. The molecule has 2 fully saturated rings. The van der Waals surface area contributed by atoms with E-state index in [9.17, 15) is 4.79 Å². The molecular formula is C20H26N4O. The van der Waals surface area contributed by atoms with Crippen molar-refractivity contribution in [2.75, 3.05) is 13.1 Å². The van der Waals surface area contributed by atoms with Crippen LogP contribution in [0.25, 0.3) is 5.82 Å². The highest BCUT2D eigenvalue weighted by Crippen LogP contribution is 2.31. The minimum Gasteiger partial charge on any atom is -0.342 e. The zero-order valence-corrected chi connectivity index (χ0v) is 14.9. The number of amides is 1. The predicted octanol–water partition coefficient (Wildman–Crippen LogP) is 3.47. The number of pyridine rings is 1. The van der Waals surface area contributed by atoms with Crippen molar-refractivity contribution in [3.63, 3.8) is 0 Å². The van der Waals surface area contributed by atoms with E-state index in [4.69, 9.17) is 4.98 Å². The van der Waals surface area contributed by atoms with Crippen LogP contribution in [0, 0.1) is 12.8 Å². The van der Waals surface area contributed by atoms with Crippen molar-refractivity contribution in [3.05, 3.63) is 42.1 Å². The van der Waals surface area contributed by atoms with E-state index in [-0.39, 0.29) is 5.92 Å². The number of hydrogen-bond donors (Lipinski definition) is 0. The standard InChI is InChI=1S/C20H26N4O/c1-15-21-11-13-24(15)19-10-4-9-18(22-19)17-8-5-12-23(14-17)20(25)16-6-2-3-7-16/h4,9-11,13,16-17H,2-3,5-8,12,14H2,1H3/t17-/m1/s1. The fraction of sp³-hybridized carbons (Fsp3) is 0.550. The first kappa shape index (κ1) is 16.3. The molecule has 132 valence electrons. The first-order valence-electron chi connectivity index (χ1n) is 9.48. The van der Waals surface area contributed by atoms with Crippen LogP contribution in [0.1, 0.15) is 56.0 Å². The minimum absolute atomic E-state index is 0.270. The predicted molar refractivity (Wildman–Crippen MR) is 96.6 cm³/mol. The Bertz CT molecular complexity index is 748. The number of imidazole rings is 1. The molecule has 5 heteroatoms. The van der Waals surface area contributed by atoms with Gasteiger partial charge in [-0.15, -0.1) is 0 Å². The van der Waals surface area contributed by atoms with Gasteiger partial charge in [0.05, 0.1) is 0 Å². The van der Waals surface area contributed by atoms with Crippen molar-refractivity contribution in [3.8, 4) is 5.82 Å². The molecule has 2 aromatic rings. The van der Waals surface area contributed by atoms with Crippen molar-refractivity contribution in [1.82, 2.24) is 19.4 Å². The van der Waals surface area contributed by atoms with Gasteiger partial charge in [-0.3, -0.25) is 9.36 Å². The van der Waals surface area contributed by atoms with Crippen LogP contribution in [0.5, 0.6) is 0 Å². The molecule has 5 nitrogen and oxygen atoms in total. The Morgan fingerprint density at radius 2 is 2.00 bits per heavy atom. The SMILES string of the molecule is Cc1nccn1-c1cccc([C@@H]2CCCN(C(=O)C3CCCC3)C2)n1. The molecule has 25 heavy (non-hydrogen) atoms. The number of rotatable bonds is 3. The van der Waals surface area contributed by atoms with Gasteiger partial charge in [0.25, 0.3) is 0 Å². The summed E-state index contributed by atoms with van der Waals surface area (Å²) in [5.74, 6) is 2.83. The first-order valence-corrected chi connectivity index (χ1v) is 9.48. The van der Waals surface area contributed by atoms with Gasteiger partial charge in [-0.1, -0.05) is 18.9 Å². The summed E-state index contributed by atoms with van der Waals surface area (Å²) >= 11 is 0. The number of aromatic nitrogens is 3. The molecule has 1 amide bonds. The van der Waals surface area contributed by atoms with Crippen LogP contribution >= 0.6 is 0 Å². The zero-order valence-electron chi connectivity index (χ0n) is 14.9. The Hall–Kier alpha value is -2.17. The van der Waals surface area contributed by atoms with Gasteiger partial charge in [0.1, 0.15) is 11.6 Å². The van der Waals surface area contributed by atoms with E-state index in [2.05, 4.69) is 22.0 Å². The van der Waals surface area contributed by atoms with Crippen LogP contribution in [-0.2, 0) is 4.79 Å². The van der Waals surface area contributed by atoms with Crippen molar-refractivity contribution < 1.29 is 4.79 Å². The summed E-state index contributed by atoms with van der Waals surface area (Å²) in [6.45, 7) is 3.71. The molecule has 2 aliphatic rings. The third kappa shape index (κ3) is 3.32. The third-order valence-corrected chi connectivity index (χ3v) is 5.68. The summed E-state index contributed by atoms with van der Waals surface area (Å²) in [6.07, 6.45) is 10.5. The lowest BCUT2D eigenvalue weighted by molar-refractivity contribution is -0.136. The van der Waals surface area contributed by atoms with E-state index in [1.165, 1.54) is 12.8 Å². The lowest BCUT2D eigenvalue weighted by Gasteiger charge is -2.34. The number of aryl methyl sites for hydroxylation is 1. The van der Waals surface area contributed by atoms with Gasteiger partial charge in [0.15, 0.2) is 0 Å². The van der Waals surface area contributed by atoms with Crippen LogP contribution in [-0.4, -0.2) is 38.4 Å². The average molecular weight is 338 g/mol. The second kappa shape index (κ2) is 6.98. The molecule has 1 atom stereocenters. The fourth-order valence-electron chi connectivity index (χ4n) is 4.27. The number of carbonyl (C=O) groups is 1. The van der Waals surface area contributed by atoms with Gasteiger partial charge in [0, 0.05) is 43.0 Å². The summed E-state index contributed by atoms with van der Waals surface area (Å²) in [5, 5.41) is 0. The van der Waals surface area contributed by atoms with Gasteiger partial charge in [-0.2, -0.15) is 0 Å². The monoisotopic (exact) mass is 338 g/mol. The maximum absolute atomic E-state index is 12.8. The van der Waals surface area contributed by atoms with Crippen molar-refractivity contribution in [2.24, 2.45) is 5.92 Å². The van der Waals surface area contributed by atoms with E-state index in [1.807, 2.05) is 23.8 Å². The van der Waals surface area contributed by atoms with Crippen LogP contribution in [0.4, 0.5) is 0 Å². The number of carbonyl (C=O) groups excluding carboxylic acids is 1. The van der Waals surface area contributed by atoms with Crippen LogP contribution in [0.3, 0.4) is 0 Å². The third-order valence-electron chi connectivity index (χ3n) is 5.68. The molecule has 0 radical (unpaired) electrons. The second-order valence-electron chi connectivity index (χ2n) is 7.37. The van der Waals surface area contributed by atoms with Crippen LogP contribution < -0.4 is 0 Å². The van der Waals surface area contributed by atoms with Crippen LogP contribution in [0.15, 0.2) is 30.6 Å². The highest BCUT2D eigenvalue weighted by Gasteiger charge is 2.31. The first-order chi connectivity index (χ1) is 12.2. The minimum atomic E-state index is 0.270. The summed E-state index contributed by atoms with van der Waals surface area (Å²) in [4.78, 5) is 24.0. The van der Waals surface area contributed by atoms with Crippen LogP contribution in [0.2, 0.25) is 0 Å². The lowest BCUT2D eigenvalue weighted by atomic mass is 9.93. The normalized spacial score (nSPS) is 21.6. The molecular weight excluding hydrogens is 312 g/mol. The van der Waals surface area contributed by atoms with Gasteiger partial charge < -0.3 is 4.90 Å². The molecule has 1 aliphatic heterocycles. The number of likely N-dealkylation sites (tertiary alicyclic amines) is 1. The average Bonchev–Trinajstić information content (AvgIpc) is 3.33. The number of hydrogen-bond acceptors (Lipinski definition) is 3. The molecule has 4 rings (SSSR count). The lowest BCUT2D eigenvalue weighted by Crippen LogP contribution is -2.42. The molecule has 0 aromatic carbocycles. The smallest absolute Gasteiger partial charge is 0.225 e. The highest BCUT2D eigenvalue weighted by molar-refractivity contribution is 5.79. The van der Waals surface area contributed by atoms with Crippen molar-refractivity contribution in [1.29, 1.82) is 0 Å². The summed E-state index contributed by atoms with van der Waals surface area (Å²) in [7, 11) is 0. The van der Waals surface area contributed by atoms with E-state index in [0.29, 0.717) is 11.8 Å². The Kier molecular flexibility index (Phi) is 4.55. The largest absolute Gasteiger partial charge is 0.342 e. The second-order valence-corrected chi connectivity index (χ2v) is 7.37. The quantitative estimate of drug-likeness (QED) is 0.861. The molecule has 0 N–H and O–H groups in total. The van der Waals surface area contributed by atoms with E-state index in [1.54, 1.807) is 6.20 Å². The van der Waals surface area contributed by atoms with Gasteiger partial charge in [-0.05, 0) is 44.7 Å². The zero-order chi connectivity index (χ0) is 17.2. The van der Waals surface area contributed by atoms with E-state index in [0.717, 1.165) is 56.1 Å². The van der Waals surface area contributed by atoms with Crippen molar-refractivity contribution >= 4 is 5.91 Å². The molecule has 1 saturated heterocycles. The van der Waals surface area contributed by atoms with E-state index < -0.39 is 0 Å². The summed E-state index contributed by atoms with van der Waals surface area (Å²) in [5.41, 5.74) is 1.09. The van der Waals surface area contributed by atoms with Gasteiger partial charge in [0.2, 0.25) is 5.91 Å². The Morgan fingerprint density at radius 3 is 2.76 bits per heavy atom. The fourth-order valence-corrected chi connectivity index (χ4v) is 4.27. The summed E-state index contributed by atoms with van der Waals surface area (Å²) in [6, 6.07) is 6.18. The van der Waals surface area contributed by atoms with Gasteiger partial charge >= 0.3 is 0 Å². The topological polar surface area (TPSA) is 51.0 Å². The molecule has 1 saturated carbocycles.